The molecule has 0 aromatic rings. The van der Waals surface area contributed by atoms with Crippen molar-refractivity contribution in [1.82, 2.24) is 9.80 Å². The van der Waals surface area contributed by atoms with E-state index in [2.05, 4.69) is 35.8 Å². The fraction of sp³-hybridized carbons (Fsp3) is 0.917. The fourth-order valence-electron chi connectivity index (χ4n) is 3.61. The summed E-state index contributed by atoms with van der Waals surface area (Å²) in [6.07, 6.45) is 15.3. The van der Waals surface area contributed by atoms with Gasteiger partial charge in [-0.3, -0.25) is 9.80 Å². The molecule has 0 aliphatic rings. The van der Waals surface area contributed by atoms with Crippen LogP contribution in [0.2, 0.25) is 0 Å². The van der Waals surface area contributed by atoms with Gasteiger partial charge >= 0.3 is 0 Å². The molecule has 0 amide bonds. The second-order valence-electron chi connectivity index (χ2n) is 8.22. The minimum absolute atomic E-state index is 0.0519. The van der Waals surface area contributed by atoms with Gasteiger partial charge in [0.1, 0.15) is 0 Å². The van der Waals surface area contributed by atoms with E-state index in [-0.39, 0.29) is 12.1 Å². The van der Waals surface area contributed by atoms with Crippen molar-refractivity contribution in [2.24, 2.45) is 0 Å². The molecule has 0 rings (SSSR count). The van der Waals surface area contributed by atoms with E-state index >= 15 is 0 Å². The predicted octanol–water partition coefficient (Wildman–Crippen LogP) is 6.14. The monoisotopic (exact) mass is 390 g/mol. The Morgan fingerprint density at radius 2 is 0.857 bits per heavy atom. The van der Waals surface area contributed by atoms with Gasteiger partial charge in [0.25, 0.3) is 0 Å². The molecule has 0 saturated carbocycles. The molecular weight excluding hydrogens is 344 g/mol. The van der Waals surface area contributed by atoms with Gasteiger partial charge in [-0.15, -0.1) is 0 Å². The van der Waals surface area contributed by atoms with Crippen LogP contribution in [-0.2, 0) is 0 Å². The number of hydrogen-bond acceptors (Lipinski definition) is 4. The summed E-state index contributed by atoms with van der Waals surface area (Å²) in [5.41, 5.74) is 0. The van der Waals surface area contributed by atoms with Crippen molar-refractivity contribution in [2.45, 2.75) is 117 Å². The SMILES string of the molecule is CCCCCCCCN(CCN(CCCCCCCC)C(C)C#N)C(C)C#N. The smallest absolute Gasteiger partial charge is 0.0949 e. The van der Waals surface area contributed by atoms with Gasteiger partial charge in [0.15, 0.2) is 0 Å². The number of nitriles is 2. The van der Waals surface area contributed by atoms with Crippen LogP contribution in [0.3, 0.4) is 0 Å². The molecule has 0 fully saturated rings. The van der Waals surface area contributed by atoms with E-state index in [1.54, 1.807) is 0 Å². The second kappa shape index (κ2) is 19.2. The van der Waals surface area contributed by atoms with E-state index in [0.717, 1.165) is 26.2 Å². The molecule has 0 aromatic carbocycles. The van der Waals surface area contributed by atoms with E-state index in [1.807, 2.05) is 13.8 Å². The van der Waals surface area contributed by atoms with Gasteiger partial charge < -0.3 is 0 Å². The molecule has 0 saturated heterocycles. The third-order valence-electron chi connectivity index (χ3n) is 5.74. The highest BCUT2D eigenvalue weighted by Crippen LogP contribution is 2.10. The highest BCUT2D eigenvalue weighted by molar-refractivity contribution is 4.91. The predicted molar refractivity (Wildman–Crippen MR) is 120 cm³/mol. The lowest BCUT2D eigenvalue weighted by Crippen LogP contribution is -2.42. The highest BCUT2D eigenvalue weighted by atomic mass is 15.2. The second-order valence-corrected chi connectivity index (χ2v) is 8.22. The van der Waals surface area contributed by atoms with Gasteiger partial charge in [-0.2, -0.15) is 10.5 Å². The zero-order valence-corrected chi connectivity index (χ0v) is 19.3. The highest BCUT2D eigenvalue weighted by Gasteiger charge is 2.17. The molecule has 2 atom stereocenters. The molecule has 0 heterocycles. The van der Waals surface area contributed by atoms with Crippen LogP contribution in [0.5, 0.6) is 0 Å². The summed E-state index contributed by atoms with van der Waals surface area (Å²) in [5.74, 6) is 0. The minimum atomic E-state index is -0.0519. The summed E-state index contributed by atoms with van der Waals surface area (Å²) in [6, 6.07) is 4.71. The average molecular weight is 391 g/mol. The van der Waals surface area contributed by atoms with Crippen molar-refractivity contribution >= 4 is 0 Å². The first kappa shape index (κ1) is 26.9. The Bertz CT molecular complexity index is 383. The molecule has 0 aliphatic carbocycles. The van der Waals surface area contributed by atoms with Crippen LogP contribution in [-0.4, -0.2) is 48.1 Å². The van der Waals surface area contributed by atoms with Crippen LogP contribution in [0.15, 0.2) is 0 Å². The number of rotatable bonds is 19. The standard InChI is InChI=1S/C24H46N4/c1-5-7-9-11-13-15-17-27(23(3)21-25)19-20-28(24(4)22-26)18-16-14-12-10-8-6-2/h23-24H,5-20H2,1-4H3. The topological polar surface area (TPSA) is 54.1 Å². The lowest BCUT2D eigenvalue weighted by Gasteiger charge is -2.30. The Hall–Kier alpha value is -1.10. The lowest BCUT2D eigenvalue weighted by atomic mass is 10.1. The summed E-state index contributed by atoms with van der Waals surface area (Å²) >= 11 is 0. The maximum absolute atomic E-state index is 9.39. The Kier molecular flexibility index (Phi) is 18.5. The van der Waals surface area contributed by atoms with E-state index in [9.17, 15) is 10.5 Å². The van der Waals surface area contributed by atoms with E-state index < -0.39 is 0 Å². The molecule has 0 radical (unpaired) electrons. The first-order valence-electron chi connectivity index (χ1n) is 11.9. The maximum atomic E-state index is 9.39. The van der Waals surface area contributed by atoms with Crippen molar-refractivity contribution in [3.8, 4) is 12.1 Å². The summed E-state index contributed by atoms with van der Waals surface area (Å²) in [5, 5.41) is 18.8. The van der Waals surface area contributed by atoms with E-state index in [0.29, 0.717) is 0 Å². The van der Waals surface area contributed by atoms with Crippen molar-refractivity contribution in [3.05, 3.63) is 0 Å². The normalized spacial score (nSPS) is 13.4. The van der Waals surface area contributed by atoms with Gasteiger partial charge in [-0.05, 0) is 39.8 Å². The van der Waals surface area contributed by atoms with Crippen LogP contribution in [0.25, 0.3) is 0 Å². The van der Waals surface area contributed by atoms with Crippen molar-refractivity contribution < 1.29 is 0 Å². The molecule has 2 unspecified atom stereocenters. The Morgan fingerprint density at radius 3 is 1.18 bits per heavy atom. The lowest BCUT2D eigenvalue weighted by molar-refractivity contribution is 0.171. The number of hydrogen-bond donors (Lipinski definition) is 0. The van der Waals surface area contributed by atoms with Gasteiger partial charge in [-0.25, -0.2) is 0 Å². The Labute approximate surface area is 175 Å². The maximum Gasteiger partial charge on any atom is 0.0949 e. The van der Waals surface area contributed by atoms with Gasteiger partial charge in [0, 0.05) is 13.1 Å². The largest absolute Gasteiger partial charge is 0.287 e. The van der Waals surface area contributed by atoms with Crippen LogP contribution < -0.4 is 0 Å². The molecule has 0 spiro atoms. The molecular formula is C24H46N4. The number of unbranched alkanes of at least 4 members (excludes halogenated alkanes) is 10. The van der Waals surface area contributed by atoms with Crippen LogP contribution in [0.4, 0.5) is 0 Å². The summed E-state index contributed by atoms with van der Waals surface area (Å²) in [7, 11) is 0. The van der Waals surface area contributed by atoms with Crippen LogP contribution >= 0.6 is 0 Å². The molecule has 0 bridgehead atoms. The third kappa shape index (κ3) is 14.0. The quantitative estimate of drug-likeness (QED) is 0.249. The zero-order chi connectivity index (χ0) is 21.0. The van der Waals surface area contributed by atoms with E-state index in [1.165, 1.54) is 77.0 Å². The minimum Gasteiger partial charge on any atom is -0.287 e. The molecule has 0 N–H and O–H groups in total. The number of nitrogens with zero attached hydrogens (tertiary/aromatic N) is 4. The van der Waals surface area contributed by atoms with Crippen LogP contribution in [0, 0.1) is 22.7 Å². The van der Waals surface area contributed by atoms with Gasteiger partial charge in [-0.1, -0.05) is 78.1 Å². The van der Waals surface area contributed by atoms with Crippen molar-refractivity contribution in [2.75, 3.05) is 26.2 Å². The zero-order valence-electron chi connectivity index (χ0n) is 19.3. The average Bonchev–Trinajstić information content (AvgIpc) is 2.72. The Morgan fingerprint density at radius 1 is 0.536 bits per heavy atom. The molecule has 4 nitrogen and oxygen atoms in total. The third-order valence-corrected chi connectivity index (χ3v) is 5.74. The molecule has 162 valence electrons. The fourth-order valence-corrected chi connectivity index (χ4v) is 3.61. The molecule has 28 heavy (non-hydrogen) atoms. The van der Waals surface area contributed by atoms with Crippen molar-refractivity contribution in [3.63, 3.8) is 0 Å². The summed E-state index contributed by atoms with van der Waals surface area (Å²) in [4.78, 5) is 4.61. The Balaban J connectivity index is 4.35. The molecule has 4 heteroatoms. The molecule has 0 aromatic heterocycles. The summed E-state index contributed by atoms with van der Waals surface area (Å²) < 4.78 is 0. The molecule has 0 aliphatic heterocycles. The van der Waals surface area contributed by atoms with Gasteiger partial charge in [0.05, 0.1) is 24.2 Å². The van der Waals surface area contributed by atoms with Crippen molar-refractivity contribution in [1.29, 1.82) is 10.5 Å². The van der Waals surface area contributed by atoms with Gasteiger partial charge in [0.2, 0.25) is 0 Å². The van der Waals surface area contributed by atoms with E-state index in [4.69, 9.17) is 0 Å². The first-order valence-corrected chi connectivity index (χ1v) is 11.9. The summed E-state index contributed by atoms with van der Waals surface area (Å²) in [6.45, 7) is 12.2. The van der Waals surface area contributed by atoms with Crippen LogP contribution in [0.1, 0.15) is 105 Å². The first-order chi connectivity index (χ1) is 13.6.